The number of amides is 2. The molecule has 0 bridgehead atoms. The minimum Gasteiger partial charge on any atom is -0.480 e. The van der Waals surface area contributed by atoms with Crippen LogP contribution < -0.4 is 5.32 Å². The molecular weight excluding hydrogens is 226 g/mol. The van der Waals surface area contributed by atoms with Crippen LogP contribution in [-0.4, -0.2) is 28.2 Å². The van der Waals surface area contributed by atoms with Crippen LogP contribution >= 0.6 is 0 Å². The van der Waals surface area contributed by atoms with Crippen molar-refractivity contribution in [3.8, 4) is 0 Å². The molecule has 0 fully saturated rings. The predicted molar refractivity (Wildman–Crippen MR) is 60.2 cm³/mol. The van der Waals surface area contributed by atoms with E-state index in [1.807, 2.05) is 0 Å². The highest BCUT2D eigenvalue weighted by Gasteiger charge is 2.26. The predicted octanol–water partition coefficient (Wildman–Crippen LogP) is 1.68. The van der Waals surface area contributed by atoms with E-state index in [0.717, 1.165) is 0 Å². The van der Waals surface area contributed by atoms with Crippen molar-refractivity contribution in [1.82, 2.24) is 5.01 Å². The van der Waals surface area contributed by atoms with Gasteiger partial charge in [0.25, 0.3) is 0 Å². The van der Waals surface area contributed by atoms with E-state index in [1.165, 1.54) is 6.92 Å². The number of anilines is 1. The Hall–Kier alpha value is -2.44. The first-order chi connectivity index (χ1) is 8.06. The lowest BCUT2D eigenvalue weighted by atomic mass is 10.3. The molecule has 7 heteroatoms. The zero-order chi connectivity index (χ0) is 12.8. The summed E-state index contributed by atoms with van der Waals surface area (Å²) in [5.41, 5.74) is 0.448. The van der Waals surface area contributed by atoms with Crippen LogP contribution in [0.2, 0.25) is 0 Å². The Morgan fingerprint density at radius 3 is 2.41 bits per heavy atom. The summed E-state index contributed by atoms with van der Waals surface area (Å²) in [6.07, 6.45) is 0. The lowest BCUT2D eigenvalue weighted by Crippen LogP contribution is -2.41. The number of nitrogens with one attached hydrogen (secondary N) is 1. The van der Waals surface area contributed by atoms with E-state index in [0.29, 0.717) is 10.7 Å². The fourth-order valence-corrected chi connectivity index (χ4v) is 1.09. The average molecular weight is 237 g/mol. The smallest absolute Gasteiger partial charge is 0.345 e. The minimum atomic E-state index is -1.32. The Morgan fingerprint density at radius 2 is 1.94 bits per heavy atom. The molecule has 90 valence electrons. The van der Waals surface area contributed by atoms with Gasteiger partial charge in [-0.25, -0.2) is 9.59 Å². The van der Waals surface area contributed by atoms with Crippen LogP contribution in [0.4, 0.5) is 10.5 Å². The summed E-state index contributed by atoms with van der Waals surface area (Å²) in [4.78, 5) is 32.6. The summed E-state index contributed by atoms with van der Waals surface area (Å²) in [5.74, 6) is -1.31. The molecule has 1 aromatic carbocycles. The van der Waals surface area contributed by atoms with Crippen molar-refractivity contribution >= 4 is 17.7 Å². The number of aliphatic carboxylic acids is 1. The monoisotopic (exact) mass is 237 g/mol. The highest BCUT2D eigenvalue weighted by atomic mass is 16.4. The second-order valence-corrected chi connectivity index (χ2v) is 3.24. The molecule has 0 saturated carbocycles. The van der Waals surface area contributed by atoms with E-state index in [1.54, 1.807) is 30.3 Å². The van der Waals surface area contributed by atoms with E-state index < -0.39 is 18.0 Å². The number of benzene rings is 1. The zero-order valence-electron chi connectivity index (χ0n) is 9.03. The topological polar surface area (TPSA) is 99.1 Å². The minimum absolute atomic E-state index is 0.329. The number of urea groups is 1. The molecule has 2 N–H and O–H groups in total. The van der Waals surface area contributed by atoms with Crippen LogP contribution in [0.15, 0.2) is 35.6 Å². The van der Waals surface area contributed by atoms with Gasteiger partial charge >= 0.3 is 12.0 Å². The van der Waals surface area contributed by atoms with Crippen molar-refractivity contribution in [2.45, 2.75) is 13.0 Å². The van der Waals surface area contributed by atoms with Crippen LogP contribution in [0, 0.1) is 4.91 Å². The highest BCUT2D eigenvalue weighted by molar-refractivity contribution is 5.91. The first-order valence-corrected chi connectivity index (χ1v) is 4.77. The van der Waals surface area contributed by atoms with E-state index in [4.69, 9.17) is 5.11 Å². The number of hydrogen-bond donors (Lipinski definition) is 2. The Labute approximate surface area is 97.0 Å². The van der Waals surface area contributed by atoms with Gasteiger partial charge in [0, 0.05) is 5.69 Å². The number of nitroso groups, excluding NO2 is 1. The number of carboxylic acids is 1. The van der Waals surface area contributed by atoms with Gasteiger partial charge in [-0.05, 0) is 19.1 Å². The molecule has 0 unspecified atom stereocenters. The molecule has 1 atom stereocenters. The van der Waals surface area contributed by atoms with Gasteiger partial charge < -0.3 is 10.4 Å². The molecule has 0 aliphatic heterocycles. The molecule has 2 amide bonds. The van der Waals surface area contributed by atoms with E-state index >= 15 is 0 Å². The van der Waals surface area contributed by atoms with Crippen molar-refractivity contribution in [3.63, 3.8) is 0 Å². The number of para-hydroxylation sites is 1. The van der Waals surface area contributed by atoms with Crippen molar-refractivity contribution in [2.24, 2.45) is 5.29 Å². The van der Waals surface area contributed by atoms with Crippen LogP contribution in [-0.2, 0) is 4.79 Å². The first-order valence-electron chi connectivity index (χ1n) is 4.77. The number of rotatable bonds is 4. The highest BCUT2D eigenvalue weighted by Crippen LogP contribution is 2.09. The van der Waals surface area contributed by atoms with Gasteiger partial charge in [0.15, 0.2) is 6.04 Å². The summed E-state index contributed by atoms with van der Waals surface area (Å²) in [6.45, 7) is 1.19. The molecule has 1 rings (SSSR count). The second-order valence-electron chi connectivity index (χ2n) is 3.24. The second kappa shape index (κ2) is 5.59. The third kappa shape index (κ3) is 3.26. The molecule has 0 heterocycles. The molecule has 17 heavy (non-hydrogen) atoms. The van der Waals surface area contributed by atoms with Gasteiger partial charge in [0.05, 0.1) is 5.29 Å². The fourth-order valence-electron chi connectivity index (χ4n) is 1.09. The normalized spacial score (nSPS) is 11.4. The van der Waals surface area contributed by atoms with Gasteiger partial charge in [-0.2, -0.15) is 5.01 Å². The van der Waals surface area contributed by atoms with Gasteiger partial charge in [0.1, 0.15) is 0 Å². The van der Waals surface area contributed by atoms with Gasteiger partial charge in [-0.1, -0.05) is 18.2 Å². The maximum Gasteiger partial charge on any atom is 0.345 e. The molecule has 0 aliphatic carbocycles. The van der Waals surface area contributed by atoms with Gasteiger partial charge in [0.2, 0.25) is 0 Å². The lowest BCUT2D eigenvalue weighted by Gasteiger charge is -2.17. The average Bonchev–Trinajstić information content (AvgIpc) is 2.30. The van der Waals surface area contributed by atoms with E-state index in [2.05, 4.69) is 10.6 Å². The van der Waals surface area contributed by atoms with Crippen molar-refractivity contribution in [3.05, 3.63) is 35.2 Å². The zero-order valence-corrected chi connectivity index (χ0v) is 9.03. The third-order valence-corrected chi connectivity index (χ3v) is 2.05. The SMILES string of the molecule is C[C@@H](C(=O)O)N(N=O)C(=O)Nc1ccccc1. The molecule has 0 aliphatic rings. The van der Waals surface area contributed by atoms with Crippen molar-refractivity contribution < 1.29 is 14.7 Å². The number of carbonyl (C=O) groups is 2. The standard InChI is InChI=1S/C10H11N3O4/c1-7(9(14)15)13(12-17)10(16)11-8-5-3-2-4-6-8/h2-7H,1H3,(H,11,16)(H,14,15)/t7-/m0/s1. The van der Waals surface area contributed by atoms with Crippen molar-refractivity contribution in [2.75, 3.05) is 5.32 Å². The molecular formula is C10H11N3O4. The Balaban J connectivity index is 2.74. The molecule has 0 spiro atoms. The number of nitrogens with zero attached hydrogens (tertiary/aromatic N) is 2. The summed E-state index contributed by atoms with van der Waals surface area (Å²) in [6, 6.07) is 6.13. The van der Waals surface area contributed by atoms with Crippen LogP contribution in [0.25, 0.3) is 0 Å². The Morgan fingerprint density at radius 1 is 1.35 bits per heavy atom. The summed E-state index contributed by atoms with van der Waals surface area (Å²) >= 11 is 0. The van der Waals surface area contributed by atoms with Gasteiger partial charge in [-0.15, -0.1) is 4.91 Å². The molecule has 0 radical (unpaired) electrons. The maximum absolute atomic E-state index is 11.5. The first kappa shape index (κ1) is 12.6. The fraction of sp³-hybridized carbons (Fsp3) is 0.200. The van der Waals surface area contributed by atoms with Crippen LogP contribution in [0.1, 0.15) is 6.92 Å². The molecule has 0 aromatic heterocycles. The third-order valence-electron chi connectivity index (χ3n) is 2.05. The summed E-state index contributed by atoms with van der Waals surface area (Å²) in [5, 5.41) is 13.8. The van der Waals surface area contributed by atoms with E-state index in [9.17, 15) is 14.5 Å². The largest absolute Gasteiger partial charge is 0.480 e. The maximum atomic E-state index is 11.5. The number of hydrogen-bond acceptors (Lipinski definition) is 4. The van der Waals surface area contributed by atoms with Crippen molar-refractivity contribution in [1.29, 1.82) is 0 Å². The molecule has 7 nitrogen and oxygen atoms in total. The van der Waals surface area contributed by atoms with E-state index in [-0.39, 0.29) is 0 Å². The summed E-state index contributed by atoms with van der Waals surface area (Å²) in [7, 11) is 0. The number of carboxylic acid groups (broad SMARTS) is 1. The quantitative estimate of drug-likeness (QED) is 0.614. The van der Waals surface area contributed by atoms with Crippen LogP contribution in [0.5, 0.6) is 0 Å². The van der Waals surface area contributed by atoms with Gasteiger partial charge in [-0.3, -0.25) is 0 Å². The molecule has 1 aromatic rings. The Kier molecular flexibility index (Phi) is 4.15. The Bertz CT molecular complexity index is 421. The van der Waals surface area contributed by atoms with Crippen LogP contribution in [0.3, 0.4) is 0 Å². The summed E-state index contributed by atoms with van der Waals surface area (Å²) < 4.78 is 0. The lowest BCUT2D eigenvalue weighted by molar-refractivity contribution is -0.141. The molecule has 0 saturated heterocycles. The number of carbonyl (C=O) groups excluding carboxylic acids is 1.